The van der Waals surface area contributed by atoms with Crippen LogP contribution in [0.2, 0.25) is 0 Å². The number of aromatic nitrogens is 1. The van der Waals surface area contributed by atoms with Crippen LogP contribution in [0.1, 0.15) is 0 Å². The quantitative estimate of drug-likeness (QED) is 0.280. The molecule has 0 fully saturated rings. The summed E-state index contributed by atoms with van der Waals surface area (Å²) in [5.74, 6) is 0.892. The Morgan fingerprint density at radius 2 is 1.28 bits per heavy atom. The highest BCUT2D eigenvalue weighted by atomic mass is 16.3. The monoisotopic (exact) mass is 409 g/mol. The van der Waals surface area contributed by atoms with E-state index in [2.05, 4.69) is 102 Å². The molecule has 0 aliphatic carbocycles. The fourth-order valence-corrected chi connectivity index (χ4v) is 4.95. The van der Waals surface area contributed by atoms with Gasteiger partial charge in [0.05, 0.1) is 11.0 Å². The van der Waals surface area contributed by atoms with Gasteiger partial charge in [0.25, 0.3) is 0 Å². The van der Waals surface area contributed by atoms with E-state index < -0.39 is 0 Å². The van der Waals surface area contributed by atoms with Crippen molar-refractivity contribution in [3.8, 4) is 17.0 Å². The molecule has 0 saturated heterocycles. The van der Waals surface area contributed by atoms with Gasteiger partial charge in [-0.2, -0.15) is 0 Å². The normalized spacial score (nSPS) is 11.8. The molecule has 0 aliphatic heterocycles. The first-order chi connectivity index (χ1) is 15.9. The zero-order valence-electron chi connectivity index (χ0n) is 17.3. The second-order valence-electron chi connectivity index (χ2n) is 8.21. The maximum absolute atomic E-state index is 6.55. The highest BCUT2D eigenvalue weighted by Gasteiger charge is 2.19. The maximum atomic E-state index is 6.55. The third kappa shape index (κ3) is 2.41. The summed E-state index contributed by atoms with van der Waals surface area (Å²) in [4.78, 5) is 0. The molecule has 0 spiro atoms. The molecule has 0 amide bonds. The van der Waals surface area contributed by atoms with Crippen LogP contribution < -0.4 is 0 Å². The first-order valence-electron chi connectivity index (χ1n) is 10.9. The first kappa shape index (κ1) is 17.4. The van der Waals surface area contributed by atoms with Crippen molar-refractivity contribution in [1.82, 2.24) is 4.57 Å². The van der Waals surface area contributed by atoms with Gasteiger partial charge in [0.2, 0.25) is 0 Å². The Kier molecular flexibility index (Phi) is 3.58. The van der Waals surface area contributed by atoms with E-state index in [1.165, 1.54) is 27.1 Å². The van der Waals surface area contributed by atoms with E-state index >= 15 is 0 Å². The van der Waals surface area contributed by atoms with Crippen LogP contribution in [0.15, 0.2) is 120 Å². The molecule has 0 atom stereocenters. The van der Waals surface area contributed by atoms with Crippen LogP contribution in [-0.4, -0.2) is 4.57 Å². The molecular formula is C30H19NO. The van der Waals surface area contributed by atoms with Gasteiger partial charge in [-0.25, -0.2) is 0 Å². The molecule has 5 aromatic carbocycles. The van der Waals surface area contributed by atoms with Crippen molar-refractivity contribution in [1.29, 1.82) is 0 Å². The predicted molar refractivity (Wildman–Crippen MR) is 133 cm³/mol. The lowest BCUT2D eigenvalue weighted by atomic mass is 10.0. The standard InChI is InChI=1S/C30H19NO/c1-3-10-21(11-4-1)27-19-22-15-17-25-28-24-14-8-7-9-20(24)16-18-26(28)31(29(25)30(22)32-27)23-12-5-2-6-13-23/h1-19H. The van der Waals surface area contributed by atoms with Crippen molar-refractivity contribution < 1.29 is 4.42 Å². The average Bonchev–Trinajstić information content (AvgIpc) is 3.44. The fourth-order valence-electron chi connectivity index (χ4n) is 4.95. The molecule has 0 radical (unpaired) electrons. The Balaban J connectivity index is 1.69. The topological polar surface area (TPSA) is 18.1 Å². The molecule has 2 heteroatoms. The van der Waals surface area contributed by atoms with Crippen molar-refractivity contribution in [2.45, 2.75) is 0 Å². The molecular weight excluding hydrogens is 390 g/mol. The summed E-state index contributed by atoms with van der Waals surface area (Å²) in [6, 6.07) is 40.5. The maximum Gasteiger partial charge on any atom is 0.159 e. The van der Waals surface area contributed by atoms with Crippen molar-refractivity contribution in [2.75, 3.05) is 0 Å². The Bertz CT molecular complexity index is 1760. The zero-order valence-corrected chi connectivity index (χ0v) is 17.3. The van der Waals surface area contributed by atoms with Crippen molar-refractivity contribution in [3.63, 3.8) is 0 Å². The number of furan rings is 1. The number of para-hydroxylation sites is 1. The smallest absolute Gasteiger partial charge is 0.159 e. The number of hydrogen-bond acceptors (Lipinski definition) is 1. The van der Waals surface area contributed by atoms with E-state index in [0.717, 1.165) is 33.5 Å². The molecule has 0 aliphatic rings. The molecule has 2 aromatic heterocycles. The van der Waals surface area contributed by atoms with Crippen molar-refractivity contribution in [3.05, 3.63) is 115 Å². The predicted octanol–water partition coefficient (Wildman–Crippen LogP) is 8.35. The molecule has 2 heterocycles. The lowest BCUT2D eigenvalue weighted by Crippen LogP contribution is -1.93. The molecule has 0 bridgehead atoms. The van der Waals surface area contributed by atoms with E-state index in [0.29, 0.717) is 0 Å². The van der Waals surface area contributed by atoms with E-state index in [4.69, 9.17) is 4.42 Å². The van der Waals surface area contributed by atoms with Crippen LogP contribution >= 0.6 is 0 Å². The number of hydrogen-bond donors (Lipinski definition) is 0. The summed E-state index contributed by atoms with van der Waals surface area (Å²) < 4.78 is 8.90. The fraction of sp³-hybridized carbons (Fsp3) is 0. The van der Waals surface area contributed by atoms with Crippen LogP contribution in [0.3, 0.4) is 0 Å². The average molecular weight is 409 g/mol. The molecule has 7 aromatic rings. The van der Waals surface area contributed by atoms with Crippen molar-refractivity contribution in [2.24, 2.45) is 0 Å². The van der Waals surface area contributed by atoms with E-state index in [9.17, 15) is 0 Å². The van der Waals surface area contributed by atoms with Gasteiger partial charge in [-0.15, -0.1) is 0 Å². The number of rotatable bonds is 2. The van der Waals surface area contributed by atoms with E-state index in [-0.39, 0.29) is 0 Å². The molecule has 7 rings (SSSR count). The van der Waals surface area contributed by atoms with Gasteiger partial charge in [0.1, 0.15) is 5.76 Å². The summed E-state index contributed by atoms with van der Waals surface area (Å²) in [5, 5.41) is 6.10. The molecule has 2 nitrogen and oxygen atoms in total. The SMILES string of the molecule is c1ccc(-c2cc3ccc4c5c6ccccc6ccc5n(-c5ccccc5)c4c3o2)cc1. The van der Waals surface area contributed by atoms with Crippen LogP contribution in [0.4, 0.5) is 0 Å². The largest absolute Gasteiger partial charge is 0.454 e. The van der Waals surface area contributed by atoms with Gasteiger partial charge < -0.3 is 8.98 Å². The minimum absolute atomic E-state index is 0.892. The minimum Gasteiger partial charge on any atom is -0.454 e. The Morgan fingerprint density at radius 1 is 0.562 bits per heavy atom. The van der Waals surface area contributed by atoms with Crippen LogP contribution in [0.5, 0.6) is 0 Å². The minimum atomic E-state index is 0.892. The summed E-state index contributed by atoms with van der Waals surface area (Å²) >= 11 is 0. The van der Waals surface area contributed by atoms with Gasteiger partial charge in [-0.05, 0) is 35.0 Å². The summed E-state index contributed by atoms with van der Waals surface area (Å²) in [7, 11) is 0. The van der Waals surface area contributed by atoms with Gasteiger partial charge in [-0.3, -0.25) is 0 Å². The Hall–Kier alpha value is -4.30. The van der Waals surface area contributed by atoms with Crippen molar-refractivity contribution >= 4 is 43.5 Å². The second kappa shape index (κ2) is 6.60. The van der Waals surface area contributed by atoms with Gasteiger partial charge in [-0.1, -0.05) is 91.0 Å². The summed E-state index contributed by atoms with van der Waals surface area (Å²) in [6.45, 7) is 0. The molecule has 150 valence electrons. The Morgan fingerprint density at radius 3 is 2.12 bits per heavy atom. The zero-order chi connectivity index (χ0) is 21.1. The highest BCUT2D eigenvalue weighted by molar-refractivity contribution is 6.25. The summed E-state index contributed by atoms with van der Waals surface area (Å²) in [6.07, 6.45) is 0. The first-order valence-corrected chi connectivity index (χ1v) is 10.9. The third-order valence-electron chi connectivity index (χ3n) is 6.37. The molecule has 0 unspecified atom stereocenters. The van der Waals surface area contributed by atoms with Crippen LogP contribution in [0, 0.1) is 0 Å². The van der Waals surface area contributed by atoms with Crippen LogP contribution in [0.25, 0.3) is 60.6 Å². The Labute approximate surface area is 184 Å². The lowest BCUT2D eigenvalue weighted by molar-refractivity contribution is 0.633. The van der Waals surface area contributed by atoms with E-state index in [1.807, 2.05) is 18.2 Å². The lowest BCUT2D eigenvalue weighted by Gasteiger charge is -2.08. The van der Waals surface area contributed by atoms with Gasteiger partial charge >= 0.3 is 0 Å². The van der Waals surface area contributed by atoms with E-state index in [1.54, 1.807) is 0 Å². The number of nitrogens with zero attached hydrogens (tertiary/aromatic N) is 1. The van der Waals surface area contributed by atoms with Crippen LogP contribution in [-0.2, 0) is 0 Å². The number of benzene rings is 5. The van der Waals surface area contributed by atoms with Gasteiger partial charge in [0.15, 0.2) is 5.58 Å². The number of fused-ring (bicyclic) bond motifs is 7. The third-order valence-corrected chi connectivity index (χ3v) is 6.37. The summed E-state index contributed by atoms with van der Waals surface area (Å²) in [5.41, 5.74) is 5.44. The molecule has 0 saturated carbocycles. The molecule has 32 heavy (non-hydrogen) atoms. The second-order valence-corrected chi connectivity index (χ2v) is 8.21. The molecule has 0 N–H and O–H groups in total. The van der Waals surface area contributed by atoms with Gasteiger partial charge in [0, 0.05) is 27.4 Å². The highest BCUT2D eigenvalue weighted by Crippen LogP contribution is 2.41.